The van der Waals surface area contributed by atoms with Gasteiger partial charge in [0.2, 0.25) is 0 Å². The molecule has 0 fully saturated rings. The number of halogens is 1. The van der Waals surface area contributed by atoms with E-state index in [-0.39, 0.29) is 35.8 Å². The maximum atomic E-state index is 12.4. The van der Waals surface area contributed by atoms with Gasteiger partial charge in [-0.2, -0.15) is 0 Å². The van der Waals surface area contributed by atoms with Crippen molar-refractivity contribution in [3.63, 3.8) is 0 Å². The van der Waals surface area contributed by atoms with Crippen LogP contribution < -0.4 is 11.1 Å². The van der Waals surface area contributed by atoms with Crippen LogP contribution in [-0.4, -0.2) is 32.7 Å². The SMILES string of the molecule is CCC(CS(=O)(=O)c1ccccc1)NC(N)=NCCC(C)C.I. The summed E-state index contributed by atoms with van der Waals surface area (Å²) in [5, 5.41) is 3.01. The van der Waals surface area contributed by atoms with Gasteiger partial charge in [0.25, 0.3) is 0 Å². The lowest BCUT2D eigenvalue weighted by Crippen LogP contribution is -2.43. The van der Waals surface area contributed by atoms with Crippen molar-refractivity contribution >= 4 is 39.8 Å². The number of rotatable bonds is 8. The molecule has 0 amide bonds. The highest BCUT2D eigenvalue weighted by Crippen LogP contribution is 2.12. The van der Waals surface area contributed by atoms with Crippen molar-refractivity contribution in [3.8, 4) is 0 Å². The molecule has 1 rings (SSSR count). The quantitative estimate of drug-likeness (QED) is 0.360. The number of nitrogens with zero attached hydrogens (tertiary/aromatic N) is 1. The summed E-state index contributed by atoms with van der Waals surface area (Å²) in [7, 11) is -3.32. The second-order valence-electron chi connectivity index (χ2n) is 5.79. The molecule has 1 aromatic carbocycles. The lowest BCUT2D eigenvalue weighted by molar-refractivity contribution is 0.569. The van der Waals surface area contributed by atoms with Gasteiger partial charge in [-0.05, 0) is 30.9 Å². The van der Waals surface area contributed by atoms with Crippen LogP contribution in [0.15, 0.2) is 40.2 Å². The third-order valence-electron chi connectivity index (χ3n) is 3.36. The first-order valence-electron chi connectivity index (χ1n) is 7.69. The Hall–Kier alpha value is -0.830. The smallest absolute Gasteiger partial charge is 0.188 e. The predicted octanol–water partition coefficient (Wildman–Crippen LogP) is 2.81. The summed E-state index contributed by atoms with van der Waals surface area (Å²) in [6.07, 6.45) is 1.62. The highest BCUT2D eigenvalue weighted by atomic mass is 127. The Labute approximate surface area is 157 Å². The molecule has 0 aliphatic heterocycles. The van der Waals surface area contributed by atoms with E-state index in [2.05, 4.69) is 24.2 Å². The Morgan fingerprint density at radius 2 is 1.87 bits per heavy atom. The third kappa shape index (κ3) is 8.55. The van der Waals surface area contributed by atoms with Crippen LogP contribution in [0.1, 0.15) is 33.6 Å². The Kier molecular flexibility index (Phi) is 10.5. The van der Waals surface area contributed by atoms with Crippen LogP contribution in [0.4, 0.5) is 0 Å². The molecule has 132 valence electrons. The summed E-state index contributed by atoms with van der Waals surface area (Å²) in [5.74, 6) is 0.890. The summed E-state index contributed by atoms with van der Waals surface area (Å²) < 4.78 is 24.7. The molecule has 0 saturated heterocycles. The number of hydrogen-bond donors (Lipinski definition) is 2. The molecule has 3 N–H and O–H groups in total. The zero-order chi connectivity index (χ0) is 16.6. The summed E-state index contributed by atoms with van der Waals surface area (Å²) in [5.41, 5.74) is 5.84. The first-order valence-corrected chi connectivity index (χ1v) is 9.34. The lowest BCUT2D eigenvalue weighted by atomic mass is 10.1. The van der Waals surface area contributed by atoms with Gasteiger partial charge in [-0.1, -0.05) is 39.0 Å². The second-order valence-corrected chi connectivity index (χ2v) is 7.83. The van der Waals surface area contributed by atoms with Gasteiger partial charge in [0.05, 0.1) is 10.6 Å². The Balaban J connectivity index is 0.00000484. The largest absolute Gasteiger partial charge is 0.370 e. The van der Waals surface area contributed by atoms with Crippen LogP contribution in [0.2, 0.25) is 0 Å². The van der Waals surface area contributed by atoms with Crippen molar-refractivity contribution in [3.05, 3.63) is 30.3 Å². The number of hydrogen-bond acceptors (Lipinski definition) is 3. The molecule has 0 heterocycles. The fourth-order valence-electron chi connectivity index (χ4n) is 1.95. The summed E-state index contributed by atoms with van der Waals surface area (Å²) >= 11 is 0. The zero-order valence-electron chi connectivity index (χ0n) is 14.0. The maximum absolute atomic E-state index is 12.4. The molecule has 7 heteroatoms. The van der Waals surface area contributed by atoms with Gasteiger partial charge in [0, 0.05) is 12.6 Å². The molecule has 1 atom stereocenters. The average Bonchev–Trinajstić information content (AvgIpc) is 2.46. The molecule has 1 aromatic rings. The van der Waals surface area contributed by atoms with Crippen LogP contribution in [0.25, 0.3) is 0 Å². The van der Waals surface area contributed by atoms with Crippen LogP contribution in [0, 0.1) is 5.92 Å². The maximum Gasteiger partial charge on any atom is 0.188 e. The van der Waals surface area contributed by atoms with Gasteiger partial charge >= 0.3 is 0 Å². The van der Waals surface area contributed by atoms with Gasteiger partial charge in [-0.15, -0.1) is 24.0 Å². The van der Waals surface area contributed by atoms with E-state index in [1.807, 2.05) is 6.92 Å². The minimum Gasteiger partial charge on any atom is -0.370 e. The molecule has 0 aromatic heterocycles. The highest BCUT2D eigenvalue weighted by molar-refractivity contribution is 14.0. The van der Waals surface area contributed by atoms with Crippen LogP contribution in [0.3, 0.4) is 0 Å². The number of aliphatic imine (C=N–C) groups is 1. The zero-order valence-corrected chi connectivity index (χ0v) is 17.2. The van der Waals surface area contributed by atoms with Crippen molar-refractivity contribution in [2.75, 3.05) is 12.3 Å². The van der Waals surface area contributed by atoms with Crippen molar-refractivity contribution in [2.45, 2.75) is 44.6 Å². The Morgan fingerprint density at radius 3 is 2.39 bits per heavy atom. The Morgan fingerprint density at radius 1 is 1.26 bits per heavy atom. The van der Waals surface area contributed by atoms with Crippen LogP contribution in [-0.2, 0) is 9.84 Å². The van der Waals surface area contributed by atoms with Gasteiger partial charge < -0.3 is 11.1 Å². The first kappa shape index (κ1) is 22.2. The van der Waals surface area contributed by atoms with E-state index in [0.29, 0.717) is 29.7 Å². The van der Waals surface area contributed by atoms with E-state index in [9.17, 15) is 8.42 Å². The fourth-order valence-corrected chi connectivity index (χ4v) is 3.56. The highest BCUT2D eigenvalue weighted by Gasteiger charge is 2.20. The molecule has 0 aliphatic carbocycles. The van der Waals surface area contributed by atoms with E-state index >= 15 is 0 Å². The molecular weight excluding hydrogens is 425 g/mol. The number of sulfone groups is 1. The topological polar surface area (TPSA) is 84.5 Å². The van der Waals surface area contributed by atoms with Gasteiger partial charge in [0.15, 0.2) is 15.8 Å². The van der Waals surface area contributed by atoms with Crippen molar-refractivity contribution in [1.29, 1.82) is 0 Å². The molecule has 0 aliphatic rings. The van der Waals surface area contributed by atoms with E-state index < -0.39 is 9.84 Å². The third-order valence-corrected chi connectivity index (χ3v) is 5.19. The minimum atomic E-state index is -3.32. The molecule has 5 nitrogen and oxygen atoms in total. The summed E-state index contributed by atoms with van der Waals surface area (Å²) in [6, 6.07) is 8.23. The monoisotopic (exact) mass is 453 g/mol. The molecule has 0 saturated carbocycles. The Bertz CT molecular complexity index is 574. The number of nitrogens with two attached hydrogens (primary N) is 1. The predicted molar refractivity (Wildman–Crippen MR) is 107 cm³/mol. The first-order chi connectivity index (χ1) is 10.3. The van der Waals surface area contributed by atoms with E-state index in [1.54, 1.807) is 30.3 Å². The molecule has 1 unspecified atom stereocenters. The van der Waals surface area contributed by atoms with Crippen molar-refractivity contribution < 1.29 is 8.42 Å². The fraction of sp³-hybridized carbons (Fsp3) is 0.562. The molecular formula is C16H28IN3O2S. The number of nitrogens with one attached hydrogen (secondary N) is 1. The van der Waals surface area contributed by atoms with E-state index in [1.165, 1.54) is 0 Å². The van der Waals surface area contributed by atoms with Crippen LogP contribution >= 0.6 is 24.0 Å². The lowest BCUT2D eigenvalue weighted by Gasteiger charge is -2.18. The van der Waals surface area contributed by atoms with E-state index in [4.69, 9.17) is 5.73 Å². The van der Waals surface area contributed by atoms with E-state index in [0.717, 1.165) is 6.42 Å². The molecule has 0 radical (unpaired) electrons. The van der Waals surface area contributed by atoms with Gasteiger partial charge in [-0.25, -0.2) is 8.42 Å². The standard InChI is InChI=1S/C16H27N3O2S.HI/c1-4-14(19-16(17)18-11-10-13(2)3)12-22(20,21)15-8-6-5-7-9-15;/h5-9,13-14H,4,10-12H2,1-3H3,(H3,17,18,19);1H. The van der Waals surface area contributed by atoms with Gasteiger partial charge in [0.1, 0.15) is 0 Å². The molecule has 0 bridgehead atoms. The summed E-state index contributed by atoms with van der Waals surface area (Å²) in [6.45, 7) is 6.83. The second kappa shape index (κ2) is 10.9. The molecule has 23 heavy (non-hydrogen) atoms. The summed E-state index contributed by atoms with van der Waals surface area (Å²) in [4.78, 5) is 4.58. The average molecular weight is 453 g/mol. The number of guanidine groups is 1. The molecule has 0 spiro atoms. The minimum absolute atomic E-state index is 0. The van der Waals surface area contributed by atoms with Gasteiger partial charge in [-0.3, -0.25) is 4.99 Å². The van der Waals surface area contributed by atoms with Crippen molar-refractivity contribution in [2.24, 2.45) is 16.6 Å². The van der Waals surface area contributed by atoms with Crippen molar-refractivity contribution in [1.82, 2.24) is 5.32 Å². The normalized spacial score (nSPS) is 13.5. The van der Waals surface area contributed by atoms with Crippen LogP contribution in [0.5, 0.6) is 0 Å². The number of benzene rings is 1.